The predicted molar refractivity (Wildman–Crippen MR) is 40.0 cm³/mol. The lowest BCUT2D eigenvalue weighted by Gasteiger charge is -1.97. The second-order valence-electron chi connectivity index (χ2n) is 1.13. The van der Waals surface area contributed by atoms with Gasteiger partial charge in [0, 0.05) is 0 Å². The van der Waals surface area contributed by atoms with Gasteiger partial charge in [-0.05, 0) is 0 Å². The first kappa shape index (κ1) is 13.1. The second-order valence-corrected chi connectivity index (χ2v) is 3.15. The molecule has 0 aliphatic rings. The molecule has 8 nitrogen and oxygen atoms in total. The summed E-state index contributed by atoms with van der Waals surface area (Å²) in [5.74, 6) is 0. The van der Waals surface area contributed by atoms with Gasteiger partial charge in [-0.2, -0.15) is 8.42 Å². The Morgan fingerprint density at radius 3 is 2.27 bits per heavy atom. The van der Waals surface area contributed by atoms with Crippen molar-refractivity contribution in [1.82, 2.24) is 15.0 Å². The van der Waals surface area contributed by atoms with Gasteiger partial charge >= 0.3 is 16.3 Å². The molecule has 2 amide bonds. The van der Waals surface area contributed by atoms with Crippen molar-refractivity contribution in [2.45, 2.75) is 0 Å². The summed E-state index contributed by atoms with van der Waals surface area (Å²) in [6.07, 6.45) is 0. The number of rotatable bonds is 3. The minimum absolute atomic E-state index is 0. The van der Waals surface area contributed by atoms with E-state index in [2.05, 4.69) is 5.73 Å². The quantitative estimate of drug-likeness (QED) is 0.286. The molecule has 68 valence electrons. The van der Waals surface area contributed by atoms with Crippen LogP contribution in [0.3, 0.4) is 0 Å². The predicted octanol–water partition coefficient (Wildman–Crippen LogP) is -1.23. The SMILES string of the molecule is N.NC(=O)NSNS(=O)(=O)O. The summed E-state index contributed by atoms with van der Waals surface area (Å²) in [7, 11) is -4.28. The number of nitrogens with two attached hydrogens (primary N) is 1. The number of carbonyl (C=O) groups is 1. The smallest absolute Gasteiger partial charge is 0.344 e. The van der Waals surface area contributed by atoms with Crippen LogP contribution in [0.1, 0.15) is 0 Å². The van der Waals surface area contributed by atoms with Crippen molar-refractivity contribution in [3.05, 3.63) is 0 Å². The van der Waals surface area contributed by atoms with Crippen molar-refractivity contribution in [3.63, 3.8) is 0 Å². The molecule has 0 rings (SSSR count). The lowest BCUT2D eigenvalue weighted by Crippen LogP contribution is -2.28. The van der Waals surface area contributed by atoms with Crippen molar-refractivity contribution >= 4 is 28.5 Å². The van der Waals surface area contributed by atoms with Gasteiger partial charge in [-0.15, -0.1) is 4.13 Å². The van der Waals surface area contributed by atoms with Crippen LogP contribution in [0.2, 0.25) is 0 Å². The molecule has 0 spiro atoms. The highest BCUT2D eigenvalue weighted by molar-refractivity contribution is 8.06. The Kier molecular flexibility index (Phi) is 6.12. The Bertz CT molecular complexity index is 210. The fraction of sp³-hybridized carbons (Fsp3) is 0. The molecule has 0 bridgehead atoms. The van der Waals surface area contributed by atoms with E-state index in [0.717, 1.165) is 0 Å². The summed E-state index contributed by atoms with van der Waals surface area (Å²) < 4.78 is 31.0. The zero-order valence-electron chi connectivity index (χ0n) is 5.27. The van der Waals surface area contributed by atoms with E-state index in [1.54, 1.807) is 0 Å². The highest BCUT2D eigenvalue weighted by atomic mass is 32.3. The Labute approximate surface area is 67.6 Å². The minimum atomic E-state index is -4.28. The molecule has 0 fully saturated rings. The molecule has 11 heavy (non-hydrogen) atoms. The van der Waals surface area contributed by atoms with Crippen LogP contribution in [0, 0.1) is 0 Å². The zero-order valence-corrected chi connectivity index (χ0v) is 6.91. The molecule has 10 heteroatoms. The molecule has 0 saturated carbocycles. The van der Waals surface area contributed by atoms with Gasteiger partial charge in [0.25, 0.3) is 0 Å². The van der Waals surface area contributed by atoms with Crippen LogP contribution in [0.15, 0.2) is 0 Å². The van der Waals surface area contributed by atoms with Gasteiger partial charge in [-0.3, -0.25) is 9.27 Å². The first-order valence-corrected chi connectivity index (χ1v) is 4.13. The zero-order chi connectivity index (χ0) is 8.20. The molecule has 0 aromatic heterocycles. The van der Waals surface area contributed by atoms with Crippen LogP contribution in [-0.2, 0) is 10.3 Å². The average Bonchev–Trinajstić information content (AvgIpc) is 1.59. The molecular formula is CH8N4O4S2. The maximum atomic E-state index is 9.86. The topological polar surface area (TPSA) is 157 Å². The molecule has 0 atom stereocenters. The number of nitrogens with one attached hydrogen (secondary N) is 2. The van der Waals surface area contributed by atoms with Gasteiger partial charge < -0.3 is 11.9 Å². The molecule has 0 aliphatic carbocycles. The molecule has 0 heterocycles. The summed E-state index contributed by atoms with van der Waals surface area (Å²) in [5.41, 5.74) is 4.53. The molecule has 0 unspecified atom stereocenters. The van der Waals surface area contributed by atoms with Gasteiger partial charge in [-0.25, -0.2) is 4.79 Å². The van der Waals surface area contributed by atoms with Crippen LogP contribution in [-0.4, -0.2) is 19.0 Å². The van der Waals surface area contributed by atoms with Crippen molar-refractivity contribution in [2.24, 2.45) is 5.73 Å². The summed E-state index contributed by atoms with van der Waals surface area (Å²) in [6.45, 7) is 0. The monoisotopic (exact) mass is 204 g/mol. The van der Waals surface area contributed by atoms with Crippen molar-refractivity contribution in [1.29, 1.82) is 0 Å². The normalized spacial score (nSPS) is 9.91. The third kappa shape index (κ3) is 12.6. The summed E-state index contributed by atoms with van der Waals surface area (Å²) >= 11 is 0.256. The summed E-state index contributed by atoms with van der Waals surface area (Å²) in [5, 5.41) is 0. The van der Waals surface area contributed by atoms with Crippen LogP contribution in [0.5, 0.6) is 0 Å². The third-order valence-corrected chi connectivity index (χ3v) is 1.78. The number of primary amides is 1. The van der Waals surface area contributed by atoms with E-state index in [0.29, 0.717) is 0 Å². The van der Waals surface area contributed by atoms with Crippen molar-refractivity contribution < 1.29 is 17.8 Å². The molecule has 0 radical (unpaired) electrons. The Balaban J connectivity index is 0. The van der Waals surface area contributed by atoms with E-state index in [1.807, 2.05) is 4.72 Å². The summed E-state index contributed by atoms with van der Waals surface area (Å²) in [6, 6.07) is -0.916. The molecule has 0 aromatic carbocycles. The van der Waals surface area contributed by atoms with E-state index in [-0.39, 0.29) is 18.3 Å². The maximum Gasteiger partial charge on any atom is 0.344 e. The summed E-state index contributed by atoms with van der Waals surface area (Å²) in [4.78, 5) is 9.86. The van der Waals surface area contributed by atoms with Crippen LogP contribution < -0.4 is 20.7 Å². The largest absolute Gasteiger partial charge is 0.351 e. The van der Waals surface area contributed by atoms with E-state index in [1.165, 1.54) is 4.13 Å². The van der Waals surface area contributed by atoms with Gasteiger partial charge in [0.2, 0.25) is 0 Å². The number of carbonyl (C=O) groups excluding carboxylic acids is 1. The van der Waals surface area contributed by atoms with E-state index in [9.17, 15) is 13.2 Å². The number of hydrogen-bond donors (Lipinski definition) is 5. The highest BCUT2D eigenvalue weighted by Crippen LogP contribution is 1.86. The van der Waals surface area contributed by atoms with Crippen LogP contribution >= 0.6 is 12.1 Å². The van der Waals surface area contributed by atoms with Crippen molar-refractivity contribution in [3.8, 4) is 0 Å². The lowest BCUT2D eigenvalue weighted by molar-refractivity contribution is 0.254. The molecule has 0 aliphatic heterocycles. The Morgan fingerprint density at radius 2 is 2.00 bits per heavy atom. The molecule has 0 saturated heterocycles. The standard InChI is InChI=1S/CH5N3O4S2.H3N/c2-1(5)3-9-4-10(6,7)8;/h4H,(H3,2,3,5)(H,6,7,8);1H3. The molecule has 8 N–H and O–H groups in total. The van der Waals surface area contributed by atoms with Crippen molar-refractivity contribution in [2.75, 3.05) is 0 Å². The van der Waals surface area contributed by atoms with Gasteiger partial charge in [0.15, 0.2) is 0 Å². The first-order chi connectivity index (χ1) is 4.42. The third-order valence-electron chi connectivity index (χ3n) is 0.299. The van der Waals surface area contributed by atoms with E-state index >= 15 is 0 Å². The highest BCUT2D eigenvalue weighted by Gasteiger charge is 2.02. The van der Waals surface area contributed by atoms with Crippen LogP contribution in [0.25, 0.3) is 0 Å². The molecule has 0 aromatic rings. The number of hydrogen-bond acceptors (Lipinski definition) is 5. The van der Waals surface area contributed by atoms with Crippen LogP contribution in [0.4, 0.5) is 4.79 Å². The lowest BCUT2D eigenvalue weighted by atomic mass is 11.2. The average molecular weight is 204 g/mol. The fourth-order valence-corrected chi connectivity index (χ4v) is 0.812. The Morgan fingerprint density at radius 1 is 1.55 bits per heavy atom. The number of urea groups is 1. The molecular weight excluding hydrogens is 196 g/mol. The van der Waals surface area contributed by atoms with Gasteiger partial charge in [0.05, 0.1) is 12.1 Å². The maximum absolute atomic E-state index is 9.86. The van der Waals surface area contributed by atoms with Gasteiger partial charge in [0.1, 0.15) is 0 Å². The first-order valence-electron chi connectivity index (χ1n) is 1.87. The Hall–Kier alpha value is -0.550. The van der Waals surface area contributed by atoms with Gasteiger partial charge in [-0.1, -0.05) is 0 Å². The van der Waals surface area contributed by atoms with E-state index < -0.39 is 16.3 Å². The second kappa shape index (κ2) is 5.15. The minimum Gasteiger partial charge on any atom is -0.351 e. The number of amides is 2. The van der Waals surface area contributed by atoms with E-state index in [4.69, 9.17) is 4.55 Å². The fourth-order valence-electron chi connectivity index (χ4n) is 0.124.